The molecule has 5 nitrogen and oxygen atoms in total. The maximum atomic E-state index is 14.3. The van der Waals surface area contributed by atoms with Crippen LogP contribution in [0, 0.1) is 5.41 Å². The Morgan fingerprint density at radius 1 is 1.12 bits per heavy atom. The highest BCUT2D eigenvalue weighted by Gasteiger charge is 2.53. The average Bonchev–Trinajstić information content (AvgIpc) is 3.14. The van der Waals surface area contributed by atoms with Crippen molar-refractivity contribution in [2.45, 2.75) is 32.0 Å². The van der Waals surface area contributed by atoms with E-state index in [9.17, 15) is 26.4 Å². The summed E-state index contributed by atoms with van der Waals surface area (Å²) in [6, 6.07) is 9.06. The summed E-state index contributed by atoms with van der Waals surface area (Å²) in [7, 11) is -3.90. The molecule has 0 radical (unpaired) electrons. The zero-order valence-corrected chi connectivity index (χ0v) is 19.1. The number of carbonyl (C=O) groups excluding carboxylic acids is 1. The van der Waals surface area contributed by atoms with Gasteiger partial charge in [-0.25, -0.2) is 13.1 Å². The standard InChI is InChI=1S/C22H22ClF3N2O3S/c1-20(28-32(3,30)31)12-17(19(29)14-6-8-15(23)9-7-14)21(2,11-16-5-4-10-27-16)18(13-20)22(24,25)26/h4-10,12-13,27-28H,11H2,1-3H3. The van der Waals surface area contributed by atoms with Crippen molar-refractivity contribution in [2.24, 2.45) is 5.41 Å². The summed E-state index contributed by atoms with van der Waals surface area (Å²) in [4.78, 5) is 16.4. The lowest BCUT2D eigenvalue weighted by Gasteiger charge is -2.42. The molecule has 0 amide bonds. The molecule has 3 rings (SSSR count). The first-order valence-corrected chi connectivity index (χ1v) is 11.9. The number of ketones is 1. The molecule has 1 heterocycles. The van der Waals surface area contributed by atoms with Gasteiger partial charge in [-0.05, 0) is 43.3 Å². The summed E-state index contributed by atoms with van der Waals surface area (Å²) in [6.45, 7) is 2.62. The highest BCUT2D eigenvalue weighted by Crippen LogP contribution is 2.51. The quantitative estimate of drug-likeness (QED) is 0.453. The minimum Gasteiger partial charge on any atom is -0.365 e. The number of carbonyl (C=O) groups is 1. The Morgan fingerprint density at radius 2 is 1.75 bits per heavy atom. The number of aromatic nitrogens is 1. The van der Waals surface area contributed by atoms with Crippen molar-refractivity contribution in [2.75, 3.05) is 6.26 Å². The number of hydrogen-bond donors (Lipinski definition) is 2. The third-order valence-electron chi connectivity index (χ3n) is 5.35. The molecule has 0 bridgehead atoms. The Kier molecular flexibility index (Phi) is 6.23. The van der Waals surface area contributed by atoms with Crippen LogP contribution in [-0.2, 0) is 16.4 Å². The number of Topliss-reactive ketones (excluding diaryl/α,β-unsaturated/α-hetero) is 1. The third-order valence-corrected chi connectivity index (χ3v) is 6.41. The number of aromatic amines is 1. The predicted molar refractivity (Wildman–Crippen MR) is 117 cm³/mol. The molecule has 2 aromatic rings. The van der Waals surface area contributed by atoms with Gasteiger partial charge in [-0.15, -0.1) is 0 Å². The van der Waals surface area contributed by atoms with E-state index in [1.54, 1.807) is 18.3 Å². The largest absolute Gasteiger partial charge is 0.413 e. The highest BCUT2D eigenvalue weighted by atomic mass is 35.5. The fourth-order valence-corrected chi connectivity index (χ4v) is 5.12. The van der Waals surface area contributed by atoms with Crippen molar-refractivity contribution in [3.05, 3.63) is 82.2 Å². The van der Waals surface area contributed by atoms with Crippen molar-refractivity contribution in [3.8, 4) is 0 Å². The Bertz CT molecular complexity index is 1190. The van der Waals surface area contributed by atoms with Crippen LogP contribution in [0.25, 0.3) is 0 Å². The van der Waals surface area contributed by atoms with Crippen LogP contribution < -0.4 is 4.72 Å². The number of allylic oxidation sites excluding steroid dienone is 2. The molecule has 0 saturated heterocycles. The highest BCUT2D eigenvalue weighted by molar-refractivity contribution is 7.88. The first-order valence-electron chi connectivity index (χ1n) is 9.58. The lowest BCUT2D eigenvalue weighted by Crippen LogP contribution is -2.49. The Balaban J connectivity index is 2.25. The van der Waals surface area contributed by atoms with E-state index in [1.165, 1.54) is 44.2 Å². The summed E-state index contributed by atoms with van der Waals surface area (Å²) in [6.07, 6.45) is -0.426. The number of rotatable bonds is 6. The zero-order valence-electron chi connectivity index (χ0n) is 17.5. The van der Waals surface area contributed by atoms with Crippen LogP contribution in [0.5, 0.6) is 0 Å². The zero-order chi connectivity index (χ0) is 23.9. The van der Waals surface area contributed by atoms with Gasteiger partial charge in [0.1, 0.15) is 0 Å². The Labute approximate surface area is 189 Å². The lowest BCUT2D eigenvalue weighted by atomic mass is 9.64. The van der Waals surface area contributed by atoms with Crippen LogP contribution >= 0.6 is 11.6 Å². The van der Waals surface area contributed by atoms with Gasteiger partial charge >= 0.3 is 6.18 Å². The second-order valence-corrected chi connectivity index (χ2v) is 10.5. The number of sulfonamides is 1. The second kappa shape index (κ2) is 8.20. The predicted octanol–water partition coefficient (Wildman–Crippen LogP) is 4.84. The number of alkyl halides is 3. The lowest BCUT2D eigenvalue weighted by molar-refractivity contribution is -0.104. The molecule has 32 heavy (non-hydrogen) atoms. The van der Waals surface area contributed by atoms with Crippen molar-refractivity contribution >= 4 is 27.4 Å². The van der Waals surface area contributed by atoms with Crippen LogP contribution in [0.4, 0.5) is 13.2 Å². The average molecular weight is 487 g/mol. The third kappa shape index (κ3) is 5.16. The fourth-order valence-electron chi connectivity index (χ4n) is 4.08. The maximum absolute atomic E-state index is 14.3. The molecule has 0 saturated carbocycles. The second-order valence-electron chi connectivity index (χ2n) is 8.31. The first kappa shape index (κ1) is 24.3. The molecule has 0 aliphatic heterocycles. The van der Waals surface area contributed by atoms with E-state index in [1.807, 2.05) is 0 Å². The van der Waals surface area contributed by atoms with Crippen LogP contribution in [0.15, 0.2) is 65.9 Å². The van der Waals surface area contributed by atoms with Crippen molar-refractivity contribution in [1.82, 2.24) is 9.71 Å². The van der Waals surface area contributed by atoms with Gasteiger partial charge in [0.05, 0.1) is 11.8 Å². The van der Waals surface area contributed by atoms with Gasteiger partial charge in [-0.2, -0.15) is 13.2 Å². The van der Waals surface area contributed by atoms with E-state index in [4.69, 9.17) is 11.6 Å². The molecular formula is C22H22ClF3N2O3S. The van der Waals surface area contributed by atoms with Gasteiger partial charge in [0.25, 0.3) is 0 Å². The SMILES string of the molecule is CC1(NS(C)(=O)=O)C=C(C(=O)c2ccc(Cl)cc2)C(C)(Cc2ccc[nH]2)C(C(F)(F)F)=C1. The minimum atomic E-state index is -4.82. The fraction of sp³-hybridized carbons (Fsp3) is 0.318. The molecule has 10 heteroatoms. The maximum Gasteiger partial charge on any atom is 0.413 e. The van der Waals surface area contributed by atoms with Gasteiger partial charge in [-0.3, -0.25) is 4.79 Å². The monoisotopic (exact) mass is 486 g/mol. The topological polar surface area (TPSA) is 79.0 Å². The number of hydrogen-bond acceptors (Lipinski definition) is 3. The molecule has 172 valence electrons. The molecule has 2 unspecified atom stereocenters. The molecule has 0 fully saturated rings. The normalized spacial score (nSPS) is 24.1. The molecule has 0 spiro atoms. The van der Waals surface area contributed by atoms with Gasteiger partial charge in [0, 0.05) is 45.5 Å². The van der Waals surface area contributed by atoms with E-state index < -0.39 is 38.5 Å². The van der Waals surface area contributed by atoms with Crippen molar-refractivity contribution in [3.63, 3.8) is 0 Å². The summed E-state index contributed by atoms with van der Waals surface area (Å²) in [5.74, 6) is -0.646. The molecule has 1 aliphatic rings. The van der Waals surface area contributed by atoms with E-state index in [-0.39, 0.29) is 17.6 Å². The molecular weight excluding hydrogens is 465 g/mol. The number of H-pyrrole nitrogens is 1. The van der Waals surface area contributed by atoms with E-state index in [0.717, 1.165) is 12.3 Å². The van der Waals surface area contributed by atoms with Gasteiger partial charge in [-0.1, -0.05) is 30.7 Å². The molecule has 2 atom stereocenters. The minimum absolute atomic E-state index is 0.142. The Morgan fingerprint density at radius 3 is 2.25 bits per heavy atom. The van der Waals surface area contributed by atoms with Crippen LogP contribution in [0.3, 0.4) is 0 Å². The number of benzene rings is 1. The summed E-state index contributed by atoms with van der Waals surface area (Å²) in [5, 5.41) is 0.368. The summed E-state index contributed by atoms with van der Waals surface area (Å²) >= 11 is 5.89. The van der Waals surface area contributed by atoms with E-state index >= 15 is 0 Å². The first-order chi connectivity index (χ1) is 14.6. The molecule has 1 aliphatic carbocycles. The van der Waals surface area contributed by atoms with E-state index in [0.29, 0.717) is 10.7 Å². The van der Waals surface area contributed by atoms with E-state index in [2.05, 4.69) is 9.71 Å². The Hall–Kier alpha value is -2.36. The van der Waals surface area contributed by atoms with Crippen molar-refractivity contribution < 1.29 is 26.4 Å². The summed E-state index contributed by atoms with van der Waals surface area (Å²) in [5.41, 5.74) is -4.06. The molecule has 1 aromatic heterocycles. The molecule has 1 aromatic carbocycles. The van der Waals surface area contributed by atoms with Crippen LogP contribution in [0.2, 0.25) is 5.02 Å². The van der Waals surface area contributed by atoms with Gasteiger partial charge < -0.3 is 4.98 Å². The van der Waals surface area contributed by atoms with Crippen molar-refractivity contribution in [1.29, 1.82) is 0 Å². The van der Waals surface area contributed by atoms with Crippen LogP contribution in [-0.4, -0.2) is 37.2 Å². The number of halogens is 4. The number of nitrogens with one attached hydrogen (secondary N) is 2. The molecule has 2 N–H and O–H groups in total. The van der Waals surface area contributed by atoms with Crippen LogP contribution in [0.1, 0.15) is 29.9 Å². The smallest absolute Gasteiger partial charge is 0.365 e. The summed E-state index contributed by atoms with van der Waals surface area (Å²) < 4.78 is 69.0. The van der Waals surface area contributed by atoms with Gasteiger partial charge in [0.15, 0.2) is 5.78 Å². The van der Waals surface area contributed by atoms with Gasteiger partial charge in [0.2, 0.25) is 10.0 Å².